The molecule has 1 aromatic rings. The summed E-state index contributed by atoms with van der Waals surface area (Å²) in [5.74, 6) is -8.35. The Morgan fingerprint density at radius 1 is 1.20 bits per heavy atom. The molecule has 40 heavy (non-hydrogen) atoms. The second-order valence-corrected chi connectivity index (χ2v) is 12.8. The number of amides is 1. The highest BCUT2D eigenvalue weighted by Gasteiger charge is 2.67. The van der Waals surface area contributed by atoms with Crippen LogP contribution < -0.4 is 11.1 Å². The number of nitrogens with one attached hydrogen (secondary N) is 1. The first-order valence-electron chi connectivity index (χ1n) is 13.4. The first kappa shape index (κ1) is 29.9. The first-order valence-corrected chi connectivity index (χ1v) is 13.4. The third-order valence-corrected chi connectivity index (χ3v) is 8.52. The van der Waals surface area contributed by atoms with E-state index in [1.807, 2.05) is 20.8 Å². The van der Waals surface area contributed by atoms with E-state index in [0.717, 1.165) is 0 Å². The molecule has 0 bridgehead atoms. The van der Waals surface area contributed by atoms with Crippen LogP contribution in [0.5, 0.6) is 5.75 Å². The Bertz CT molecular complexity index is 1330. The minimum absolute atomic E-state index is 0.00873. The van der Waals surface area contributed by atoms with Crippen LogP contribution in [0.1, 0.15) is 61.2 Å². The van der Waals surface area contributed by atoms with Gasteiger partial charge >= 0.3 is 0 Å². The molecule has 0 aromatic heterocycles. The molecular weight excluding hydrogens is 518 g/mol. The number of aliphatic hydroxyl groups is 3. The molecule has 0 saturated heterocycles. The van der Waals surface area contributed by atoms with Gasteiger partial charge in [0, 0.05) is 41.7 Å². The molecule has 3 aliphatic rings. The molecule has 4 rings (SSSR count). The maximum atomic E-state index is 14.0. The van der Waals surface area contributed by atoms with E-state index in [9.17, 15) is 39.6 Å². The van der Waals surface area contributed by atoms with E-state index in [-0.39, 0.29) is 53.0 Å². The zero-order chi connectivity index (χ0) is 30.1. The number of nitrogens with zero attached hydrogens (tertiary/aromatic N) is 1. The summed E-state index contributed by atoms with van der Waals surface area (Å²) in [6, 6.07) is 0.602. The van der Waals surface area contributed by atoms with Crippen molar-refractivity contribution in [2.24, 2.45) is 28.9 Å². The molecule has 3 aliphatic carbocycles. The number of primary amides is 1. The van der Waals surface area contributed by atoms with Crippen LogP contribution in [0, 0.1) is 23.2 Å². The highest BCUT2D eigenvalue weighted by Crippen LogP contribution is 2.53. The van der Waals surface area contributed by atoms with Gasteiger partial charge in [-0.2, -0.15) is 0 Å². The minimum atomic E-state index is -2.73. The molecule has 0 aliphatic heterocycles. The number of hydrogen-bond acceptors (Lipinski definition) is 10. The number of ketones is 3. The van der Waals surface area contributed by atoms with Crippen molar-refractivity contribution in [1.29, 1.82) is 0 Å². The fourth-order valence-electron chi connectivity index (χ4n) is 6.75. The van der Waals surface area contributed by atoms with Crippen LogP contribution in [-0.2, 0) is 27.3 Å². The SMILES string of the molecule is CC(=O)c1cc(CNCC(C)(C)C)c(O)c2c1C[C@@H]1C[C@@H]3[C@@H](N(C)C)C(O)C(C(N)=O)C(=O)[C@]3(O)C(=O)C1=C2O. The van der Waals surface area contributed by atoms with Crippen LogP contribution in [0.2, 0.25) is 0 Å². The van der Waals surface area contributed by atoms with Crippen molar-refractivity contribution >= 4 is 29.0 Å². The number of benzene rings is 1. The predicted octanol–water partition coefficient (Wildman–Crippen LogP) is 0.467. The number of likely N-dealkylation sites (N-methyl/N-ethyl adjacent to an activating group) is 1. The molecule has 0 heterocycles. The number of aliphatic hydroxyl groups excluding tert-OH is 2. The van der Waals surface area contributed by atoms with Crippen molar-refractivity contribution < 1.29 is 39.6 Å². The van der Waals surface area contributed by atoms with Gasteiger partial charge in [0.1, 0.15) is 17.4 Å². The molecule has 0 spiro atoms. The molecule has 2 unspecified atom stereocenters. The summed E-state index contributed by atoms with van der Waals surface area (Å²) >= 11 is 0. The fraction of sp³-hybridized carbons (Fsp3) is 0.586. The molecule has 6 atom stereocenters. The van der Waals surface area contributed by atoms with E-state index in [2.05, 4.69) is 5.32 Å². The van der Waals surface area contributed by atoms with Crippen LogP contribution >= 0.6 is 0 Å². The number of Topliss-reactive ketones (excluding diaryl/α,β-unsaturated/α-hetero) is 3. The molecule has 1 aromatic carbocycles. The maximum Gasteiger partial charge on any atom is 0.230 e. The minimum Gasteiger partial charge on any atom is -0.507 e. The lowest BCUT2D eigenvalue weighted by Gasteiger charge is -2.53. The number of rotatable bonds is 6. The summed E-state index contributed by atoms with van der Waals surface area (Å²) in [5.41, 5.74) is 3.30. The third kappa shape index (κ3) is 4.54. The summed E-state index contributed by atoms with van der Waals surface area (Å²) in [7, 11) is 3.18. The van der Waals surface area contributed by atoms with E-state index in [0.29, 0.717) is 17.7 Å². The smallest absolute Gasteiger partial charge is 0.230 e. The van der Waals surface area contributed by atoms with Crippen LogP contribution in [0.15, 0.2) is 11.6 Å². The van der Waals surface area contributed by atoms with E-state index in [4.69, 9.17) is 5.73 Å². The van der Waals surface area contributed by atoms with Gasteiger partial charge in [-0.05, 0) is 56.8 Å². The molecule has 0 radical (unpaired) electrons. The number of carbonyl (C=O) groups is 4. The highest BCUT2D eigenvalue weighted by atomic mass is 16.3. The average molecular weight is 558 g/mol. The van der Waals surface area contributed by atoms with Gasteiger partial charge in [-0.15, -0.1) is 0 Å². The van der Waals surface area contributed by atoms with Gasteiger partial charge in [0.2, 0.25) is 11.7 Å². The van der Waals surface area contributed by atoms with Crippen LogP contribution in [0.4, 0.5) is 0 Å². The van der Waals surface area contributed by atoms with Gasteiger partial charge in [-0.1, -0.05) is 20.8 Å². The van der Waals surface area contributed by atoms with E-state index in [1.54, 1.807) is 20.2 Å². The van der Waals surface area contributed by atoms with Crippen molar-refractivity contribution in [1.82, 2.24) is 10.2 Å². The zero-order valence-electron chi connectivity index (χ0n) is 23.7. The van der Waals surface area contributed by atoms with Crippen molar-refractivity contribution in [3.63, 3.8) is 0 Å². The Labute approximate surface area is 233 Å². The van der Waals surface area contributed by atoms with Crippen molar-refractivity contribution in [2.75, 3.05) is 20.6 Å². The van der Waals surface area contributed by atoms with Crippen molar-refractivity contribution in [3.8, 4) is 5.75 Å². The monoisotopic (exact) mass is 557 g/mol. The predicted molar refractivity (Wildman–Crippen MR) is 145 cm³/mol. The molecule has 2 fully saturated rings. The average Bonchev–Trinajstić information content (AvgIpc) is 2.81. The van der Waals surface area contributed by atoms with E-state index >= 15 is 0 Å². The van der Waals surface area contributed by atoms with E-state index in [1.165, 1.54) is 11.8 Å². The lowest BCUT2D eigenvalue weighted by atomic mass is 9.54. The van der Waals surface area contributed by atoms with Crippen molar-refractivity contribution in [2.45, 2.75) is 64.8 Å². The van der Waals surface area contributed by atoms with Crippen LogP contribution in [-0.4, -0.2) is 87.0 Å². The number of nitrogens with two attached hydrogens (primary N) is 1. The standard InChI is InChI=1S/C29H39N3O8/c1-12(33)15-8-14(10-31-11-28(2,3)4)22(34)19-16(15)7-13-9-17-21(32(5)6)24(36)20(27(30)39)26(38)29(17,40)25(37)18(13)23(19)35/h8,13,17,20-21,24,31,34-36,40H,7,9-11H2,1-6H3,(H2,30,39)/t13-,17-,20?,21-,24?,29-/m1/s1. The Kier molecular flexibility index (Phi) is 7.51. The maximum absolute atomic E-state index is 14.0. The number of hydrogen-bond donors (Lipinski definition) is 6. The summed E-state index contributed by atoms with van der Waals surface area (Å²) in [6.07, 6.45) is -1.49. The Hall–Kier alpha value is -3.12. The largest absolute Gasteiger partial charge is 0.507 e. The van der Waals surface area contributed by atoms with Crippen LogP contribution in [0.25, 0.3) is 5.76 Å². The Morgan fingerprint density at radius 3 is 2.35 bits per heavy atom. The summed E-state index contributed by atoms with van der Waals surface area (Å²) < 4.78 is 0. The molecular formula is C29H39N3O8. The van der Waals surface area contributed by atoms with Crippen molar-refractivity contribution in [3.05, 3.63) is 33.9 Å². The lowest BCUT2D eigenvalue weighted by Crippen LogP contribution is -2.73. The lowest BCUT2D eigenvalue weighted by molar-refractivity contribution is -0.184. The Balaban J connectivity index is 1.88. The molecule has 11 nitrogen and oxygen atoms in total. The van der Waals surface area contributed by atoms with Gasteiger partial charge in [-0.3, -0.25) is 19.2 Å². The number of phenols is 1. The molecule has 7 N–H and O–H groups in total. The number of aromatic hydroxyl groups is 1. The highest BCUT2D eigenvalue weighted by molar-refractivity contribution is 6.25. The first-order chi connectivity index (χ1) is 18.4. The van der Waals surface area contributed by atoms with Gasteiger partial charge < -0.3 is 36.4 Å². The zero-order valence-corrected chi connectivity index (χ0v) is 23.7. The molecule has 218 valence electrons. The third-order valence-electron chi connectivity index (χ3n) is 8.52. The summed E-state index contributed by atoms with van der Waals surface area (Å²) in [5, 5.41) is 48.6. The number of carbonyl (C=O) groups excluding carboxylic acids is 4. The number of fused-ring (bicyclic) bond motifs is 3. The van der Waals surface area contributed by atoms with Gasteiger partial charge in [0.15, 0.2) is 17.2 Å². The van der Waals surface area contributed by atoms with E-state index < -0.39 is 58.7 Å². The fourth-order valence-corrected chi connectivity index (χ4v) is 6.75. The van der Waals surface area contributed by atoms with Gasteiger partial charge in [0.25, 0.3) is 0 Å². The second-order valence-electron chi connectivity index (χ2n) is 12.8. The normalized spacial score (nSPS) is 30.2. The second kappa shape index (κ2) is 10.1. The van der Waals surface area contributed by atoms with Gasteiger partial charge in [-0.25, -0.2) is 0 Å². The molecule has 2 saturated carbocycles. The summed E-state index contributed by atoms with van der Waals surface area (Å²) in [6.45, 7) is 8.26. The molecule has 11 heteroatoms. The quantitative estimate of drug-likeness (QED) is 0.212. The Morgan fingerprint density at radius 2 is 1.82 bits per heavy atom. The number of phenolic OH excluding ortho intramolecular Hbond substituents is 1. The van der Waals surface area contributed by atoms with Gasteiger partial charge in [0.05, 0.1) is 11.7 Å². The van der Waals surface area contributed by atoms with Crippen LogP contribution in [0.3, 0.4) is 0 Å². The summed E-state index contributed by atoms with van der Waals surface area (Å²) in [4.78, 5) is 53.9. The topological polar surface area (TPSA) is 190 Å². The molecule has 1 amide bonds.